The molecule has 1 amide bonds. The lowest BCUT2D eigenvalue weighted by Crippen LogP contribution is -2.43. The number of nitrogens with zero attached hydrogens (tertiary/aromatic N) is 1. The maximum absolute atomic E-state index is 11.5. The van der Waals surface area contributed by atoms with Gasteiger partial charge in [-0.25, -0.2) is 4.98 Å². The number of Topliss-reactive ketones (excluding diaryl/α,β-unsaturated/α-hetero) is 1. The van der Waals surface area contributed by atoms with E-state index in [0.717, 1.165) is 10.6 Å². The molecule has 0 aromatic carbocycles. The summed E-state index contributed by atoms with van der Waals surface area (Å²) in [6.45, 7) is 6.62. The summed E-state index contributed by atoms with van der Waals surface area (Å²) in [6, 6.07) is 1.71. The molecule has 104 valence electrons. The first-order chi connectivity index (χ1) is 8.77. The first kappa shape index (κ1) is 15.5. The van der Waals surface area contributed by atoms with Gasteiger partial charge in [0.05, 0.1) is 6.20 Å². The second kappa shape index (κ2) is 6.06. The van der Waals surface area contributed by atoms with Gasteiger partial charge in [0.25, 0.3) is 5.91 Å². The minimum absolute atomic E-state index is 0.100. The number of hydrogen-bond donors (Lipinski definition) is 1. The number of primary amides is 1. The third-order valence-electron chi connectivity index (χ3n) is 2.43. The molecular weight excluding hydrogens is 264 g/mol. The van der Waals surface area contributed by atoms with Gasteiger partial charge in [0.15, 0.2) is 11.4 Å². The molecular formula is C13H18N2O3S. The van der Waals surface area contributed by atoms with E-state index in [9.17, 15) is 9.59 Å². The molecule has 0 unspecified atom stereocenters. The Morgan fingerprint density at radius 3 is 2.58 bits per heavy atom. The van der Waals surface area contributed by atoms with Crippen molar-refractivity contribution < 1.29 is 14.3 Å². The molecule has 0 saturated carbocycles. The van der Waals surface area contributed by atoms with Crippen LogP contribution in [0.4, 0.5) is 0 Å². The monoisotopic (exact) mass is 282 g/mol. The highest BCUT2D eigenvalue weighted by atomic mass is 32.2. The summed E-state index contributed by atoms with van der Waals surface area (Å²) in [5.74, 6) is 0.569. The predicted octanol–water partition coefficient (Wildman–Crippen LogP) is 2.04. The molecule has 0 atom stereocenters. The van der Waals surface area contributed by atoms with Crippen molar-refractivity contribution in [2.45, 2.75) is 38.2 Å². The molecule has 0 spiro atoms. The lowest BCUT2D eigenvalue weighted by molar-refractivity contribution is -0.130. The molecule has 0 saturated heterocycles. The van der Waals surface area contributed by atoms with Crippen LogP contribution in [0.25, 0.3) is 0 Å². The van der Waals surface area contributed by atoms with Crippen LogP contribution in [0.15, 0.2) is 17.2 Å². The van der Waals surface area contributed by atoms with Gasteiger partial charge < -0.3 is 10.5 Å². The van der Waals surface area contributed by atoms with E-state index in [1.165, 1.54) is 24.9 Å². The Bertz CT molecular complexity index is 501. The smallest absolute Gasteiger partial charge is 0.261 e. The Kier molecular flexibility index (Phi) is 4.94. The molecule has 1 aromatic heterocycles. The van der Waals surface area contributed by atoms with Crippen molar-refractivity contribution in [1.29, 1.82) is 0 Å². The van der Waals surface area contributed by atoms with E-state index in [-0.39, 0.29) is 5.78 Å². The number of carbonyl (C=O) groups is 2. The number of carbonyl (C=O) groups excluding carboxylic acids is 2. The van der Waals surface area contributed by atoms with Gasteiger partial charge in [-0.05, 0) is 25.7 Å². The Labute approximate surface area is 116 Å². The Hall–Kier alpha value is -1.56. The highest BCUT2D eigenvalue weighted by Gasteiger charge is 2.27. The quantitative estimate of drug-likeness (QED) is 0.637. The fraction of sp³-hybridized carbons (Fsp3) is 0.462. The number of rotatable bonds is 6. The average Bonchev–Trinajstić information content (AvgIpc) is 2.28. The van der Waals surface area contributed by atoms with Crippen molar-refractivity contribution in [2.75, 3.05) is 5.75 Å². The number of amides is 1. The summed E-state index contributed by atoms with van der Waals surface area (Å²) in [5, 5.41) is 0. The molecule has 0 radical (unpaired) electrons. The molecule has 0 aliphatic carbocycles. The maximum atomic E-state index is 11.5. The molecule has 6 heteroatoms. The number of hydrogen-bond acceptors (Lipinski definition) is 5. The summed E-state index contributed by atoms with van der Waals surface area (Å²) in [6.07, 6.45) is 1.43. The van der Waals surface area contributed by atoms with Crippen molar-refractivity contribution in [3.05, 3.63) is 18.0 Å². The second-order valence-corrected chi connectivity index (χ2v) is 5.79. The molecule has 5 nitrogen and oxygen atoms in total. The Morgan fingerprint density at radius 2 is 2.11 bits per heavy atom. The third kappa shape index (κ3) is 3.96. The summed E-state index contributed by atoms with van der Waals surface area (Å²) in [5.41, 5.74) is 4.54. The SMILES string of the molecule is CCSc1cc(OC(C)(C)C(N)=O)cnc1C(C)=O. The summed E-state index contributed by atoms with van der Waals surface area (Å²) in [4.78, 5) is 27.5. The fourth-order valence-electron chi connectivity index (χ4n) is 1.36. The van der Waals surface area contributed by atoms with Crippen LogP contribution in [0.3, 0.4) is 0 Å². The van der Waals surface area contributed by atoms with E-state index < -0.39 is 11.5 Å². The van der Waals surface area contributed by atoms with E-state index in [1.807, 2.05) is 6.92 Å². The number of pyridine rings is 1. The summed E-state index contributed by atoms with van der Waals surface area (Å²) in [7, 11) is 0. The van der Waals surface area contributed by atoms with Gasteiger partial charge in [-0.1, -0.05) is 6.92 Å². The number of aromatic nitrogens is 1. The standard InChI is InChI=1S/C13H18N2O3S/c1-5-19-10-6-9(7-15-11(10)8(2)16)18-13(3,4)12(14)17/h6-7H,5H2,1-4H3,(H2,14,17). The molecule has 0 bridgehead atoms. The van der Waals surface area contributed by atoms with Gasteiger partial charge >= 0.3 is 0 Å². The van der Waals surface area contributed by atoms with Crippen LogP contribution in [-0.2, 0) is 4.79 Å². The van der Waals surface area contributed by atoms with E-state index in [1.54, 1.807) is 19.9 Å². The number of ether oxygens (including phenoxy) is 1. The molecule has 19 heavy (non-hydrogen) atoms. The maximum Gasteiger partial charge on any atom is 0.261 e. The third-order valence-corrected chi connectivity index (χ3v) is 3.34. The van der Waals surface area contributed by atoms with Gasteiger partial charge in [0, 0.05) is 11.8 Å². The first-order valence-electron chi connectivity index (χ1n) is 5.90. The van der Waals surface area contributed by atoms with Crippen molar-refractivity contribution in [3.8, 4) is 5.75 Å². The molecule has 1 rings (SSSR count). The number of thioether (sulfide) groups is 1. The zero-order chi connectivity index (χ0) is 14.6. The highest BCUT2D eigenvalue weighted by molar-refractivity contribution is 7.99. The van der Waals surface area contributed by atoms with Gasteiger partial charge in [-0.15, -0.1) is 11.8 Å². The summed E-state index contributed by atoms with van der Waals surface area (Å²) < 4.78 is 5.52. The Morgan fingerprint density at radius 1 is 1.47 bits per heavy atom. The van der Waals surface area contributed by atoms with E-state index in [4.69, 9.17) is 10.5 Å². The predicted molar refractivity (Wildman–Crippen MR) is 74.5 cm³/mol. The van der Waals surface area contributed by atoms with Crippen LogP contribution in [0.1, 0.15) is 38.2 Å². The van der Waals surface area contributed by atoms with Gasteiger partial charge in [0.1, 0.15) is 11.4 Å². The van der Waals surface area contributed by atoms with Crippen molar-refractivity contribution in [1.82, 2.24) is 4.98 Å². The van der Waals surface area contributed by atoms with E-state index in [0.29, 0.717) is 11.4 Å². The van der Waals surface area contributed by atoms with Crippen LogP contribution < -0.4 is 10.5 Å². The van der Waals surface area contributed by atoms with Gasteiger partial charge in [-0.2, -0.15) is 0 Å². The van der Waals surface area contributed by atoms with Crippen molar-refractivity contribution in [3.63, 3.8) is 0 Å². The average molecular weight is 282 g/mol. The minimum atomic E-state index is -1.12. The second-order valence-electron chi connectivity index (χ2n) is 4.48. The van der Waals surface area contributed by atoms with Crippen molar-refractivity contribution >= 4 is 23.5 Å². The number of ketones is 1. The molecule has 0 aliphatic rings. The fourth-order valence-corrected chi connectivity index (χ4v) is 2.20. The molecule has 2 N–H and O–H groups in total. The zero-order valence-electron chi connectivity index (χ0n) is 11.5. The topological polar surface area (TPSA) is 82.3 Å². The normalized spacial score (nSPS) is 11.2. The molecule has 0 aliphatic heterocycles. The Balaban J connectivity index is 3.08. The molecule has 1 heterocycles. The van der Waals surface area contributed by atoms with Gasteiger partial charge in [-0.3, -0.25) is 9.59 Å². The largest absolute Gasteiger partial charge is 0.476 e. The highest BCUT2D eigenvalue weighted by Crippen LogP contribution is 2.27. The van der Waals surface area contributed by atoms with E-state index in [2.05, 4.69) is 4.98 Å². The molecule has 0 fully saturated rings. The minimum Gasteiger partial charge on any atom is -0.476 e. The number of nitrogens with two attached hydrogens (primary N) is 1. The first-order valence-corrected chi connectivity index (χ1v) is 6.89. The lowest BCUT2D eigenvalue weighted by Gasteiger charge is -2.22. The van der Waals surface area contributed by atoms with Crippen LogP contribution in [0.2, 0.25) is 0 Å². The zero-order valence-corrected chi connectivity index (χ0v) is 12.3. The van der Waals surface area contributed by atoms with Crippen LogP contribution in [0, 0.1) is 0 Å². The van der Waals surface area contributed by atoms with Crippen LogP contribution in [0.5, 0.6) is 5.75 Å². The van der Waals surface area contributed by atoms with Crippen LogP contribution >= 0.6 is 11.8 Å². The van der Waals surface area contributed by atoms with Crippen LogP contribution in [-0.4, -0.2) is 28.0 Å². The lowest BCUT2D eigenvalue weighted by atomic mass is 10.1. The van der Waals surface area contributed by atoms with Crippen molar-refractivity contribution in [2.24, 2.45) is 5.73 Å². The summed E-state index contributed by atoms with van der Waals surface area (Å²) >= 11 is 1.50. The van der Waals surface area contributed by atoms with E-state index >= 15 is 0 Å². The van der Waals surface area contributed by atoms with Gasteiger partial charge in [0.2, 0.25) is 0 Å². The molecule has 1 aromatic rings.